The molecule has 6 nitrogen and oxygen atoms in total. The lowest BCUT2D eigenvalue weighted by molar-refractivity contribution is -0.137. The lowest BCUT2D eigenvalue weighted by Crippen LogP contribution is -2.15. The second kappa shape index (κ2) is 9.03. The number of rotatable bonds is 6. The first kappa shape index (κ1) is 22.1. The Bertz CT molecular complexity index is 1090. The first-order valence-corrected chi connectivity index (χ1v) is 9.44. The average molecular weight is 431 g/mol. The smallest absolute Gasteiger partial charge is 0.361 e. The number of benzene rings is 2. The summed E-state index contributed by atoms with van der Waals surface area (Å²) in [7, 11) is 0. The van der Waals surface area contributed by atoms with E-state index < -0.39 is 17.6 Å². The molecule has 3 rings (SSSR count). The summed E-state index contributed by atoms with van der Waals surface area (Å²) in [6.45, 7) is 3.58. The van der Waals surface area contributed by atoms with Crippen LogP contribution < -0.4 is 10.6 Å². The minimum atomic E-state index is -4.51. The highest BCUT2D eigenvalue weighted by molar-refractivity contribution is 6.05. The predicted octanol–water partition coefficient (Wildman–Crippen LogP) is 5.13. The number of amides is 2. The number of carbonyl (C=O) groups is 2. The minimum absolute atomic E-state index is 0.0220. The van der Waals surface area contributed by atoms with Gasteiger partial charge in [0, 0.05) is 28.9 Å². The molecule has 0 aliphatic carbocycles. The number of nitrogens with one attached hydrogen (secondary N) is 2. The van der Waals surface area contributed by atoms with Crippen LogP contribution in [0.25, 0.3) is 0 Å². The van der Waals surface area contributed by atoms with E-state index in [0.29, 0.717) is 17.9 Å². The fourth-order valence-electron chi connectivity index (χ4n) is 3.04. The molecule has 2 amide bonds. The fraction of sp³-hybridized carbons (Fsp3) is 0.227. The molecule has 0 bridgehead atoms. The zero-order valence-electron chi connectivity index (χ0n) is 16.8. The van der Waals surface area contributed by atoms with E-state index in [1.165, 1.54) is 24.3 Å². The van der Waals surface area contributed by atoms with Gasteiger partial charge in [0.1, 0.15) is 5.76 Å². The van der Waals surface area contributed by atoms with E-state index in [4.69, 9.17) is 4.52 Å². The van der Waals surface area contributed by atoms with Crippen LogP contribution in [0.5, 0.6) is 0 Å². The largest absolute Gasteiger partial charge is 0.416 e. The van der Waals surface area contributed by atoms with Crippen molar-refractivity contribution in [1.82, 2.24) is 5.16 Å². The zero-order valence-corrected chi connectivity index (χ0v) is 16.8. The maximum Gasteiger partial charge on any atom is 0.416 e. The van der Waals surface area contributed by atoms with Crippen molar-refractivity contribution in [2.75, 3.05) is 10.6 Å². The molecule has 0 spiro atoms. The number of alkyl halides is 3. The molecule has 0 aliphatic rings. The monoisotopic (exact) mass is 431 g/mol. The predicted molar refractivity (Wildman–Crippen MR) is 109 cm³/mol. The molecule has 0 unspecified atom stereocenters. The molecular formula is C22H20F3N3O3. The molecule has 9 heteroatoms. The molecule has 2 N–H and O–H groups in total. The van der Waals surface area contributed by atoms with E-state index in [9.17, 15) is 22.8 Å². The molecule has 3 aromatic rings. The lowest BCUT2D eigenvalue weighted by atomic mass is 10.1. The number of hydrogen-bond donors (Lipinski definition) is 2. The molecule has 0 fully saturated rings. The molecule has 0 atom stereocenters. The van der Waals surface area contributed by atoms with Gasteiger partial charge in [0.05, 0.1) is 11.3 Å². The van der Waals surface area contributed by atoms with Crippen LogP contribution in [0.15, 0.2) is 53.1 Å². The summed E-state index contributed by atoms with van der Waals surface area (Å²) in [6, 6.07) is 10.5. The molecule has 1 aromatic heterocycles. The molecule has 0 aliphatic heterocycles. The number of carbonyl (C=O) groups excluding carboxylic acids is 2. The first-order chi connectivity index (χ1) is 14.6. The Hall–Kier alpha value is -3.62. The lowest BCUT2D eigenvalue weighted by Gasteiger charge is -2.11. The van der Waals surface area contributed by atoms with Crippen LogP contribution >= 0.6 is 0 Å². The standard InChI is InChI=1S/C22H20F3N3O3/c1-13-19(14(2)31-28-13)9-10-20(29)26-17-7-3-5-15(11-17)21(30)27-18-8-4-6-16(12-18)22(23,24)25/h3-8,11-12H,9-10H2,1-2H3,(H,26,29)(H,27,30). The van der Waals surface area contributed by atoms with E-state index in [2.05, 4.69) is 15.8 Å². The van der Waals surface area contributed by atoms with Crippen LogP contribution in [0.4, 0.5) is 24.5 Å². The van der Waals surface area contributed by atoms with Crippen molar-refractivity contribution in [2.24, 2.45) is 0 Å². The Kier molecular flexibility index (Phi) is 6.43. The van der Waals surface area contributed by atoms with E-state index in [1.54, 1.807) is 26.0 Å². The molecule has 31 heavy (non-hydrogen) atoms. The summed E-state index contributed by atoms with van der Waals surface area (Å²) in [5, 5.41) is 9.00. The summed E-state index contributed by atoms with van der Waals surface area (Å²) in [5.41, 5.74) is 1.38. The Morgan fingerprint density at radius 2 is 1.68 bits per heavy atom. The second-order valence-electron chi connectivity index (χ2n) is 6.96. The van der Waals surface area contributed by atoms with E-state index in [0.717, 1.165) is 23.4 Å². The number of aromatic nitrogens is 1. The van der Waals surface area contributed by atoms with Gasteiger partial charge in [-0.1, -0.05) is 17.3 Å². The van der Waals surface area contributed by atoms with Gasteiger partial charge in [-0.25, -0.2) is 0 Å². The normalized spacial score (nSPS) is 11.3. The molecular weight excluding hydrogens is 411 g/mol. The van der Waals surface area contributed by atoms with Crippen molar-refractivity contribution in [3.05, 3.63) is 76.7 Å². The maximum atomic E-state index is 12.8. The SMILES string of the molecule is Cc1noc(C)c1CCC(=O)Nc1cccc(C(=O)Nc2cccc(C(F)(F)F)c2)c1. The number of hydrogen-bond acceptors (Lipinski definition) is 4. The van der Waals surface area contributed by atoms with Crippen molar-refractivity contribution in [3.8, 4) is 0 Å². The maximum absolute atomic E-state index is 12.8. The van der Waals surface area contributed by atoms with Crippen LogP contribution in [0.1, 0.15) is 39.4 Å². The van der Waals surface area contributed by atoms with Gasteiger partial charge in [-0.3, -0.25) is 9.59 Å². The van der Waals surface area contributed by atoms with Crippen molar-refractivity contribution >= 4 is 23.2 Å². The highest BCUT2D eigenvalue weighted by Crippen LogP contribution is 2.30. The topological polar surface area (TPSA) is 84.2 Å². The summed E-state index contributed by atoms with van der Waals surface area (Å²) < 4.78 is 43.6. The van der Waals surface area contributed by atoms with Crippen LogP contribution in [0.2, 0.25) is 0 Å². The van der Waals surface area contributed by atoms with Gasteiger partial charge >= 0.3 is 6.18 Å². The highest BCUT2D eigenvalue weighted by Gasteiger charge is 2.30. The molecule has 1 heterocycles. The Balaban J connectivity index is 1.63. The van der Waals surface area contributed by atoms with E-state index >= 15 is 0 Å². The Morgan fingerprint density at radius 1 is 1.00 bits per heavy atom. The summed E-state index contributed by atoms with van der Waals surface area (Å²) in [4.78, 5) is 24.7. The molecule has 162 valence electrons. The zero-order chi connectivity index (χ0) is 22.6. The van der Waals surface area contributed by atoms with Crippen molar-refractivity contribution in [1.29, 1.82) is 0 Å². The molecule has 0 saturated heterocycles. The van der Waals surface area contributed by atoms with Crippen LogP contribution in [-0.2, 0) is 17.4 Å². The average Bonchev–Trinajstić information content (AvgIpc) is 3.03. The number of nitrogens with zero attached hydrogens (tertiary/aromatic N) is 1. The summed E-state index contributed by atoms with van der Waals surface area (Å²) in [5.74, 6) is -0.180. The van der Waals surface area contributed by atoms with Gasteiger partial charge in [-0.2, -0.15) is 13.2 Å². The van der Waals surface area contributed by atoms with Gasteiger partial charge in [-0.05, 0) is 56.7 Å². The van der Waals surface area contributed by atoms with Crippen molar-refractivity contribution < 1.29 is 27.3 Å². The third-order valence-electron chi connectivity index (χ3n) is 4.64. The second-order valence-corrected chi connectivity index (χ2v) is 6.96. The first-order valence-electron chi connectivity index (χ1n) is 9.44. The fourth-order valence-corrected chi connectivity index (χ4v) is 3.04. The number of anilines is 2. The Morgan fingerprint density at radius 3 is 2.32 bits per heavy atom. The Labute approximate surface area is 176 Å². The van der Waals surface area contributed by atoms with Gasteiger partial charge in [0.2, 0.25) is 5.91 Å². The van der Waals surface area contributed by atoms with Crippen LogP contribution in [0, 0.1) is 13.8 Å². The van der Waals surface area contributed by atoms with Crippen molar-refractivity contribution in [3.63, 3.8) is 0 Å². The molecule has 0 saturated carbocycles. The molecule has 0 radical (unpaired) electrons. The van der Waals surface area contributed by atoms with Gasteiger partial charge in [-0.15, -0.1) is 0 Å². The third-order valence-corrected chi connectivity index (χ3v) is 4.64. The van der Waals surface area contributed by atoms with Gasteiger partial charge < -0.3 is 15.2 Å². The third kappa shape index (κ3) is 5.71. The van der Waals surface area contributed by atoms with Gasteiger partial charge in [0.15, 0.2) is 0 Å². The van der Waals surface area contributed by atoms with Gasteiger partial charge in [0.25, 0.3) is 5.91 Å². The number of aryl methyl sites for hydroxylation is 2. The van der Waals surface area contributed by atoms with Crippen LogP contribution in [0.3, 0.4) is 0 Å². The quantitative estimate of drug-likeness (QED) is 0.567. The van der Waals surface area contributed by atoms with Crippen molar-refractivity contribution in [2.45, 2.75) is 32.9 Å². The molecule has 2 aromatic carbocycles. The van der Waals surface area contributed by atoms with E-state index in [1.807, 2.05) is 0 Å². The summed E-state index contributed by atoms with van der Waals surface area (Å²) in [6.07, 6.45) is -3.85. The van der Waals surface area contributed by atoms with Crippen LogP contribution in [-0.4, -0.2) is 17.0 Å². The highest BCUT2D eigenvalue weighted by atomic mass is 19.4. The summed E-state index contributed by atoms with van der Waals surface area (Å²) >= 11 is 0. The number of halogens is 3. The van der Waals surface area contributed by atoms with E-state index in [-0.39, 0.29) is 23.6 Å². The minimum Gasteiger partial charge on any atom is -0.361 e.